The fourth-order valence-electron chi connectivity index (χ4n) is 4.76. The van der Waals surface area contributed by atoms with E-state index in [2.05, 4.69) is 38.9 Å². The average Bonchev–Trinajstić information content (AvgIpc) is 2.85. The number of rotatable bonds is 4. The van der Waals surface area contributed by atoms with E-state index in [0.29, 0.717) is 30.1 Å². The predicted octanol–water partition coefficient (Wildman–Crippen LogP) is 3.49. The molecular weight excluding hydrogens is 450 g/mol. The van der Waals surface area contributed by atoms with Gasteiger partial charge in [0.15, 0.2) is 5.82 Å². The molecule has 1 aromatic heterocycles. The number of nitrogens with zero attached hydrogens (tertiary/aromatic N) is 4. The Morgan fingerprint density at radius 2 is 1.69 bits per heavy atom. The zero-order valence-corrected chi connectivity index (χ0v) is 19.8. The minimum absolute atomic E-state index is 0.000223. The van der Waals surface area contributed by atoms with Gasteiger partial charge < -0.3 is 16.0 Å². The van der Waals surface area contributed by atoms with Crippen molar-refractivity contribution < 1.29 is 13.6 Å². The lowest BCUT2D eigenvalue weighted by Crippen LogP contribution is -2.48. The van der Waals surface area contributed by atoms with Gasteiger partial charge in [0.05, 0.1) is 0 Å². The molecule has 0 radical (unpaired) electrons. The number of nitrogens with one attached hydrogen (secondary N) is 1. The van der Waals surface area contributed by atoms with Crippen LogP contribution in [0.2, 0.25) is 0 Å². The number of carbonyl (C=O) groups excluding carboxylic acids is 1. The number of amides is 1. The molecule has 2 aliphatic rings. The van der Waals surface area contributed by atoms with E-state index in [1.807, 2.05) is 12.1 Å². The first kappa shape index (κ1) is 23.2. The standard InChI is InChI=1S/C26H28F2N6O/c1-15(2)33-9-11-34(12-10-33)18-5-3-16(4-6-18)22-24(28)32-25(29)23(31-22)20-13-17-7-8-30-26(35)19(17)14-21(20)27/h3-6,13-15H,7-12H2,1-2H3,(H2,29,32)(H,30,35). The van der Waals surface area contributed by atoms with E-state index >= 15 is 0 Å². The monoisotopic (exact) mass is 478 g/mol. The van der Waals surface area contributed by atoms with Crippen LogP contribution in [-0.2, 0) is 6.42 Å². The van der Waals surface area contributed by atoms with Crippen molar-refractivity contribution in [3.05, 3.63) is 59.3 Å². The molecule has 0 saturated carbocycles. The van der Waals surface area contributed by atoms with Gasteiger partial charge in [-0.3, -0.25) is 9.69 Å². The van der Waals surface area contributed by atoms with Crippen LogP contribution in [0.25, 0.3) is 22.5 Å². The molecule has 2 aliphatic heterocycles. The number of halogens is 2. The van der Waals surface area contributed by atoms with Crippen LogP contribution in [0.1, 0.15) is 29.8 Å². The molecule has 0 unspecified atom stereocenters. The quantitative estimate of drug-likeness (QED) is 0.597. The predicted molar refractivity (Wildman–Crippen MR) is 132 cm³/mol. The first-order valence-electron chi connectivity index (χ1n) is 11.8. The number of anilines is 2. The molecule has 3 heterocycles. The molecule has 7 nitrogen and oxygen atoms in total. The smallest absolute Gasteiger partial charge is 0.251 e. The molecule has 3 aromatic rings. The first-order chi connectivity index (χ1) is 16.8. The number of piperazine rings is 1. The zero-order valence-electron chi connectivity index (χ0n) is 19.8. The van der Waals surface area contributed by atoms with Crippen LogP contribution >= 0.6 is 0 Å². The maximum absolute atomic E-state index is 15.0. The summed E-state index contributed by atoms with van der Waals surface area (Å²) in [6, 6.07) is 10.7. The molecule has 182 valence electrons. The number of aromatic nitrogens is 2. The van der Waals surface area contributed by atoms with Crippen molar-refractivity contribution in [3.63, 3.8) is 0 Å². The van der Waals surface area contributed by atoms with Crippen molar-refractivity contribution >= 4 is 17.4 Å². The fourth-order valence-corrected chi connectivity index (χ4v) is 4.76. The Kier molecular flexibility index (Phi) is 6.10. The molecule has 9 heteroatoms. The highest BCUT2D eigenvalue weighted by atomic mass is 19.1. The molecule has 2 aromatic carbocycles. The molecule has 1 saturated heterocycles. The zero-order chi connectivity index (χ0) is 24.7. The van der Waals surface area contributed by atoms with Crippen LogP contribution in [0.15, 0.2) is 36.4 Å². The van der Waals surface area contributed by atoms with E-state index in [1.165, 1.54) is 6.07 Å². The van der Waals surface area contributed by atoms with Gasteiger partial charge in [0.2, 0.25) is 5.95 Å². The Labute approximate surface area is 203 Å². The van der Waals surface area contributed by atoms with Gasteiger partial charge in [-0.1, -0.05) is 12.1 Å². The van der Waals surface area contributed by atoms with E-state index in [4.69, 9.17) is 5.73 Å². The van der Waals surface area contributed by atoms with Crippen molar-refractivity contribution in [2.24, 2.45) is 0 Å². The average molecular weight is 479 g/mol. The van der Waals surface area contributed by atoms with E-state index < -0.39 is 11.8 Å². The summed E-state index contributed by atoms with van der Waals surface area (Å²) >= 11 is 0. The SMILES string of the molecule is CC(C)N1CCN(c2ccc(-c3nc(-c4cc5c(cc4F)C(=O)NCC5)c(N)nc3F)cc2)CC1. The third-order valence-electron chi connectivity index (χ3n) is 6.80. The largest absolute Gasteiger partial charge is 0.382 e. The third-order valence-corrected chi connectivity index (χ3v) is 6.80. The molecular formula is C26H28F2N6O. The van der Waals surface area contributed by atoms with Crippen molar-refractivity contribution in [1.82, 2.24) is 20.2 Å². The minimum atomic E-state index is -0.817. The van der Waals surface area contributed by atoms with Gasteiger partial charge in [-0.25, -0.2) is 9.37 Å². The summed E-state index contributed by atoms with van der Waals surface area (Å²) in [5.41, 5.74) is 8.68. The van der Waals surface area contributed by atoms with Gasteiger partial charge in [0.25, 0.3) is 5.91 Å². The number of carbonyl (C=O) groups is 1. The van der Waals surface area contributed by atoms with E-state index in [-0.39, 0.29) is 34.2 Å². The van der Waals surface area contributed by atoms with Crippen LogP contribution in [-0.4, -0.2) is 59.5 Å². The molecule has 0 bridgehead atoms. The van der Waals surface area contributed by atoms with Crippen LogP contribution in [0.4, 0.5) is 20.3 Å². The number of fused-ring (bicyclic) bond motifs is 1. The van der Waals surface area contributed by atoms with Gasteiger partial charge >= 0.3 is 0 Å². The van der Waals surface area contributed by atoms with Crippen molar-refractivity contribution in [2.75, 3.05) is 43.4 Å². The second-order valence-corrected chi connectivity index (χ2v) is 9.26. The number of benzene rings is 2. The van der Waals surface area contributed by atoms with Gasteiger partial charge in [-0.05, 0) is 50.1 Å². The summed E-state index contributed by atoms with van der Waals surface area (Å²) in [5.74, 6) is -2.00. The summed E-state index contributed by atoms with van der Waals surface area (Å²) in [6.07, 6.45) is 0.558. The number of nitrogens with two attached hydrogens (primary N) is 1. The second kappa shape index (κ2) is 9.22. The first-order valence-corrected chi connectivity index (χ1v) is 11.8. The summed E-state index contributed by atoms with van der Waals surface area (Å²) < 4.78 is 29.8. The highest BCUT2D eigenvalue weighted by molar-refractivity contribution is 5.97. The van der Waals surface area contributed by atoms with Crippen LogP contribution in [0, 0.1) is 11.8 Å². The van der Waals surface area contributed by atoms with E-state index in [9.17, 15) is 13.6 Å². The lowest BCUT2D eigenvalue weighted by atomic mass is 9.96. The Bertz CT molecular complexity index is 1270. The number of hydrogen-bond donors (Lipinski definition) is 2. The molecule has 35 heavy (non-hydrogen) atoms. The summed E-state index contributed by atoms with van der Waals surface area (Å²) in [6.45, 7) is 8.71. The Morgan fingerprint density at radius 1 is 0.971 bits per heavy atom. The molecule has 0 spiro atoms. The lowest BCUT2D eigenvalue weighted by molar-refractivity contribution is 0.0945. The van der Waals surface area contributed by atoms with E-state index in [1.54, 1.807) is 18.2 Å². The molecule has 0 atom stereocenters. The summed E-state index contributed by atoms with van der Waals surface area (Å²) in [5, 5.41) is 2.70. The minimum Gasteiger partial charge on any atom is -0.382 e. The lowest BCUT2D eigenvalue weighted by Gasteiger charge is -2.38. The van der Waals surface area contributed by atoms with Crippen molar-refractivity contribution in [2.45, 2.75) is 26.3 Å². The fraction of sp³-hybridized carbons (Fsp3) is 0.346. The van der Waals surface area contributed by atoms with Gasteiger partial charge in [-0.15, -0.1) is 0 Å². The highest BCUT2D eigenvalue weighted by Gasteiger charge is 2.24. The molecule has 1 amide bonds. The summed E-state index contributed by atoms with van der Waals surface area (Å²) in [7, 11) is 0. The normalized spacial score (nSPS) is 16.4. The van der Waals surface area contributed by atoms with Crippen LogP contribution in [0.5, 0.6) is 0 Å². The van der Waals surface area contributed by atoms with Gasteiger partial charge in [0, 0.05) is 61.1 Å². The molecule has 1 fully saturated rings. The van der Waals surface area contributed by atoms with E-state index in [0.717, 1.165) is 31.9 Å². The number of hydrogen-bond acceptors (Lipinski definition) is 6. The maximum atomic E-state index is 15.0. The topological polar surface area (TPSA) is 87.4 Å². The van der Waals surface area contributed by atoms with Gasteiger partial charge in [-0.2, -0.15) is 9.37 Å². The Balaban J connectivity index is 1.45. The van der Waals surface area contributed by atoms with Crippen LogP contribution < -0.4 is 16.0 Å². The third kappa shape index (κ3) is 4.43. The Hall–Kier alpha value is -3.59. The number of nitrogen functional groups attached to an aromatic ring is 1. The second-order valence-electron chi connectivity index (χ2n) is 9.26. The highest BCUT2D eigenvalue weighted by Crippen LogP contribution is 2.33. The van der Waals surface area contributed by atoms with Crippen molar-refractivity contribution in [1.29, 1.82) is 0 Å². The molecule has 5 rings (SSSR count). The van der Waals surface area contributed by atoms with Gasteiger partial charge in [0.1, 0.15) is 17.2 Å². The Morgan fingerprint density at radius 3 is 2.37 bits per heavy atom. The maximum Gasteiger partial charge on any atom is 0.251 e. The van der Waals surface area contributed by atoms with Crippen LogP contribution in [0.3, 0.4) is 0 Å². The molecule has 0 aliphatic carbocycles. The summed E-state index contributed by atoms with van der Waals surface area (Å²) in [4.78, 5) is 25.0. The molecule has 3 N–H and O–H groups in total. The van der Waals surface area contributed by atoms with Crippen molar-refractivity contribution in [3.8, 4) is 22.5 Å².